The topological polar surface area (TPSA) is 26.3 Å². The van der Waals surface area contributed by atoms with Crippen molar-refractivity contribution in [3.8, 4) is 0 Å². The van der Waals surface area contributed by atoms with Gasteiger partial charge in [0.15, 0.2) is 0 Å². The van der Waals surface area contributed by atoms with Gasteiger partial charge in [0.05, 0.1) is 0 Å². The maximum absolute atomic E-state index is 10.8. The van der Waals surface area contributed by atoms with Crippen LogP contribution in [0.4, 0.5) is 0 Å². The predicted octanol–water partition coefficient (Wildman–Crippen LogP) is 5.34. The molecule has 0 unspecified atom stereocenters. The Kier molecular flexibility index (Phi) is 11.5. The Labute approximate surface area is 132 Å². The summed E-state index contributed by atoms with van der Waals surface area (Å²) in [6.07, 6.45) is 10.8. The van der Waals surface area contributed by atoms with Crippen LogP contribution in [0.2, 0.25) is 0 Å². The van der Waals surface area contributed by atoms with Crippen LogP contribution in [0.25, 0.3) is 0 Å². The van der Waals surface area contributed by atoms with E-state index in [4.69, 9.17) is 4.74 Å². The highest BCUT2D eigenvalue weighted by atomic mass is 79.9. The van der Waals surface area contributed by atoms with Gasteiger partial charge in [0.2, 0.25) is 0 Å². The smallest absolute Gasteiger partial charge is 0.302 e. The third-order valence-electron chi connectivity index (χ3n) is 2.88. The van der Waals surface area contributed by atoms with E-state index in [2.05, 4.69) is 54.9 Å². The molecule has 0 aromatic heterocycles. The first-order chi connectivity index (χ1) is 9.45. The number of hydrogen-bond acceptors (Lipinski definition) is 2. The molecular weight excluding hydrogens is 316 g/mol. The number of carbonyl (C=O) groups excluding carboxylic acids is 1. The Bertz CT molecular complexity index is 374. The Morgan fingerprint density at radius 2 is 1.65 bits per heavy atom. The second kappa shape index (κ2) is 12.0. The average molecular weight is 343 g/mol. The molecule has 0 atom stereocenters. The molecule has 2 nitrogen and oxygen atoms in total. The van der Waals surface area contributed by atoms with Gasteiger partial charge in [-0.2, -0.15) is 0 Å². The van der Waals surface area contributed by atoms with Gasteiger partial charge in [-0.1, -0.05) is 45.3 Å². The van der Waals surface area contributed by atoms with Crippen molar-refractivity contribution in [2.24, 2.45) is 0 Å². The van der Waals surface area contributed by atoms with Crippen LogP contribution in [0, 0.1) is 0 Å². The Morgan fingerprint density at radius 1 is 1.00 bits per heavy atom. The van der Waals surface area contributed by atoms with E-state index in [9.17, 15) is 4.79 Å². The van der Waals surface area contributed by atoms with Crippen LogP contribution in [0.5, 0.6) is 0 Å². The minimum absolute atomic E-state index is 0.223. The number of allylic oxidation sites excluding steroid dienone is 5. The fourth-order valence-corrected chi connectivity index (χ4v) is 2.19. The SMILES string of the molecule is CC(=O)OC/C(=C\CBr)CC/C=C(\C)CCC=C(C)C. The zero-order chi connectivity index (χ0) is 15.4. The average Bonchev–Trinajstić information content (AvgIpc) is 2.35. The van der Waals surface area contributed by atoms with E-state index in [-0.39, 0.29) is 5.97 Å². The molecule has 0 aromatic rings. The standard InChI is InChI=1S/C17H27BrO2/c1-14(2)7-5-8-15(3)9-6-10-17(11-12-18)13-20-16(4)19/h7,9,11H,5-6,8,10,12-13H2,1-4H3/b15-9+,17-11-. The van der Waals surface area contributed by atoms with Crippen molar-refractivity contribution < 1.29 is 9.53 Å². The first kappa shape index (κ1) is 19.2. The first-order valence-corrected chi connectivity index (χ1v) is 8.24. The van der Waals surface area contributed by atoms with Gasteiger partial charge in [0.25, 0.3) is 0 Å². The molecule has 0 N–H and O–H groups in total. The fraction of sp³-hybridized carbons (Fsp3) is 0.588. The molecule has 0 amide bonds. The largest absolute Gasteiger partial charge is 0.461 e. The van der Waals surface area contributed by atoms with E-state index in [1.165, 1.54) is 23.6 Å². The highest BCUT2D eigenvalue weighted by Crippen LogP contribution is 2.12. The molecule has 3 heteroatoms. The summed E-state index contributed by atoms with van der Waals surface area (Å²) < 4.78 is 5.05. The molecule has 0 aliphatic carbocycles. The maximum Gasteiger partial charge on any atom is 0.302 e. The highest BCUT2D eigenvalue weighted by Gasteiger charge is 2.00. The second-order valence-electron chi connectivity index (χ2n) is 5.21. The van der Waals surface area contributed by atoms with Crippen LogP contribution < -0.4 is 0 Å². The quantitative estimate of drug-likeness (QED) is 0.321. The summed E-state index contributed by atoms with van der Waals surface area (Å²) in [7, 11) is 0. The lowest BCUT2D eigenvalue weighted by molar-refractivity contribution is -0.140. The number of ether oxygens (including phenoxy) is 1. The van der Waals surface area contributed by atoms with E-state index in [1.807, 2.05) is 0 Å². The predicted molar refractivity (Wildman–Crippen MR) is 90.2 cm³/mol. The van der Waals surface area contributed by atoms with Crippen molar-refractivity contribution in [1.29, 1.82) is 0 Å². The normalized spacial score (nSPS) is 12.2. The summed E-state index contributed by atoms with van der Waals surface area (Å²) >= 11 is 3.39. The third kappa shape index (κ3) is 12.2. The molecule has 114 valence electrons. The molecule has 0 saturated heterocycles. The number of halogens is 1. The minimum atomic E-state index is -0.223. The molecule has 0 fully saturated rings. The molecule has 20 heavy (non-hydrogen) atoms. The van der Waals surface area contributed by atoms with E-state index < -0.39 is 0 Å². The summed E-state index contributed by atoms with van der Waals surface area (Å²) in [5, 5.41) is 0.798. The van der Waals surface area contributed by atoms with Gasteiger partial charge >= 0.3 is 5.97 Å². The zero-order valence-corrected chi connectivity index (χ0v) is 14.8. The van der Waals surface area contributed by atoms with Crippen LogP contribution in [-0.2, 0) is 9.53 Å². The van der Waals surface area contributed by atoms with Crippen LogP contribution in [0.1, 0.15) is 53.4 Å². The molecule has 0 aliphatic rings. The summed E-state index contributed by atoms with van der Waals surface area (Å²) in [6.45, 7) is 8.29. The highest BCUT2D eigenvalue weighted by molar-refractivity contribution is 9.09. The molecule has 0 heterocycles. The first-order valence-electron chi connectivity index (χ1n) is 7.12. The van der Waals surface area contributed by atoms with E-state index in [1.54, 1.807) is 0 Å². The number of hydrogen-bond donors (Lipinski definition) is 0. The van der Waals surface area contributed by atoms with Crippen molar-refractivity contribution in [2.45, 2.75) is 53.4 Å². The number of rotatable bonds is 9. The van der Waals surface area contributed by atoms with Gasteiger partial charge in [0.1, 0.15) is 6.61 Å². The van der Waals surface area contributed by atoms with Crippen molar-refractivity contribution in [3.05, 3.63) is 34.9 Å². The fourth-order valence-electron chi connectivity index (χ4n) is 1.73. The molecule has 0 saturated carbocycles. The van der Waals surface area contributed by atoms with Crippen molar-refractivity contribution in [2.75, 3.05) is 11.9 Å². The lowest BCUT2D eigenvalue weighted by Crippen LogP contribution is -2.03. The van der Waals surface area contributed by atoms with Gasteiger partial charge in [-0.25, -0.2) is 0 Å². The lowest BCUT2D eigenvalue weighted by Gasteiger charge is -2.06. The van der Waals surface area contributed by atoms with Gasteiger partial charge in [0, 0.05) is 12.3 Å². The van der Waals surface area contributed by atoms with Gasteiger partial charge in [-0.15, -0.1) is 0 Å². The zero-order valence-electron chi connectivity index (χ0n) is 13.2. The molecule has 0 radical (unpaired) electrons. The number of esters is 1. The second-order valence-corrected chi connectivity index (χ2v) is 5.85. The number of carbonyl (C=O) groups is 1. The maximum atomic E-state index is 10.8. The molecular formula is C17H27BrO2. The summed E-state index contributed by atoms with van der Waals surface area (Å²) in [4.78, 5) is 10.8. The van der Waals surface area contributed by atoms with Crippen LogP contribution >= 0.6 is 15.9 Å². The molecule has 0 aromatic carbocycles. The van der Waals surface area contributed by atoms with Gasteiger partial charge in [-0.05, 0) is 52.0 Å². The Balaban J connectivity index is 4.11. The molecule has 0 rings (SSSR count). The van der Waals surface area contributed by atoms with Crippen molar-refractivity contribution in [1.82, 2.24) is 0 Å². The van der Waals surface area contributed by atoms with E-state index in [0.717, 1.165) is 31.0 Å². The van der Waals surface area contributed by atoms with Crippen molar-refractivity contribution in [3.63, 3.8) is 0 Å². The van der Waals surface area contributed by atoms with Crippen LogP contribution in [-0.4, -0.2) is 17.9 Å². The van der Waals surface area contributed by atoms with Crippen molar-refractivity contribution >= 4 is 21.9 Å². The summed E-state index contributed by atoms with van der Waals surface area (Å²) in [5.41, 5.74) is 3.97. The van der Waals surface area contributed by atoms with Gasteiger partial charge in [-0.3, -0.25) is 4.79 Å². The van der Waals surface area contributed by atoms with Crippen LogP contribution in [0.3, 0.4) is 0 Å². The minimum Gasteiger partial charge on any atom is -0.461 e. The molecule has 0 spiro atoms. The Morgan fingerprint density at radius 3 is 2.20 bits per heavy atom. The summed E-state index contributed by atoms with van der Waals surface area (Å²) in [6, 6.07) is 0. The summed E-state index contributed by atoms with van der Waals surface area (Å²) in [5.74, 6) is -0.223. The molecule has 0 aliphatic heterocycles. The molecule has 0 bridgehead atoms. The monoisotopic (exact) mass is 342 g/mol. The van der Waals surface area contributed by atoms with Crippen LogP contribution in [0.15, 0.2) is 34.9 Å². The van der Waals surface area contributed by atoms with E-state index >= 15 is 0 Å². The number of alkyl halides is 1. The third-order valence-corrected chi connectivity index (χ3v) is 3.20. The Hall–Kier alpha value is -0.830. The lowest BCUT2D eigenvalue weighted by atomic mass is 10.1. The van der Waals surface area contributed by atoms with Gasteiger partial charge < -0.3 is 4.74 Å². The van der Waals surface area contributed by atoms with E-state index in [0.29, 0.717) is 6.61 Å².